The van der Waals surface area contributed by atoms with Crippen LogP contribution >= 0.6 is 0 Å². The van der Waals surface area contributed by atoms with Gasteiger partial charge in [0.25, 0.3) is 0 Å². The number of benzene rings is 1. The molecule has 8 nitrogen and oxygen atoms in total. The highest BCUT2D eigenvalue weighted by Crippen LogP contribution is 2.36. The molecule has 0 bridgehead atoms. The Balaban J connectivity index is 0.000000261. The van der Waals surface area contributed by atoms with Crippen molar-refractivity contribution in [1.82, 2.24) is 0 Å². The highest BCUT2D eigenvalue weighted by molar-refractivity contribution is 5.41. The standard InChI is InChI=1S/C15H22N2O2.C14H16N2O2/c18-10-16-14-5-1-12(2-6-14)9-13-3-7-15(8-4-13)17-11-19;1-13(2,15-9-17)11-6-5-7-12(8-11)14(3,4)16-10-18/h12-15H,1-9H2;5-8H,1-4H3. The van der Waals surface area contributed by atoms with E-state index in [1.165, 1.54) is 32.1 Å². The number of isocyanates is 4. The number of carbonyl (C=O) groups excluding carboxylic acids is 4. The molecule has 2 aliphatic carbocycles. The molecule has 1 aromatic rings. The predicted molar refractivity (Wildman–Crippen MR) is 141 cm³/mol. The first kappa shape index (κ1) is 30.0. The number of nitrogens with zero attached hydrogens (tertiary/aromatic N) is 4. The van der Waals surface area contributed by atoms with Gasteiger partial charge in [0.05, 0.1) is 23.2 Å². The molecule has 2 aliphatic rings. The van der Waals surface area contributed by atoms with Crippen molar-refractivity contribution in [2.75, 3.05) is 0 Å². The Labute approximate surface area is 219 Å². The van der Waals surface area contributed by atoms with Crippen molar-refractivity contribution in [3.05, 3.63) is 35.4 Å². The van der Waals surface area contributed by atoms with Gasteiger partial charge < -0.3 is 0 Å². The Morgan fingerprint density at radius 1 is 0.649 bits per heavy atom. The molecule has 0 unspecified atom stereocenters. The molecule has 0 amide bonds. The minimum atomic E-state index is -0.640. The maximum atomic E-state index is 10.4. The molecule has 0 heterocycles. The van der Waals surface area contributed by atoms with Crippen LogP contribution in [-0.2, 0) is 30.3 Å². The summed E-state index contributed by atoms with van der Waals surface area (Å²) in [4.78, 5) is 56.5. The fraction of sp³-hybridized carbons (Fsp3) is 0.655. The average molecular weight is 507 g/mol. The van der Waals surface area contributed by atoms with E-state index in [1.54, 1.807) is 24.3 Å². The number of hydrogen-bond donors (Lipinski definition) is 0. The first-order valence-electron chi connectivity index (χ1n) is 13.1. The van der Waals surface area contributed by atoms with Gasteiger partial charge in [-0.3, -0.25) is 0 Å². The lowest BCUT2D eigenvalue weighted by atomic mass is 9.76. The lowest BCUT2D eigenvalue weighted by molar-refractivity contribution is 0.226. The van der Waals surface area contributed by atoms with Gasteiger partial charge in [-0.2, -0.15) is 9.98 Å². The van der Waals surface area contributed by atoms with Gasteiger partial charge in [-0.05, 0) is 108 Å². The predicted octanol–water partition coefficient (Wildman–Crippen LogP) is 5.99. The molecule has 0 aliphatic heterocycles. The van der Waals surface area contributed by atoms with Gasteiger partial charge >= 0.3 is 0 Å². The molecule has 0 spiro atoms. The smallest absolute Gasteiger partial charge is 0.211 e. The Morgan fingerprint density at radius 3 is 1.35 bits per heavy atom. The van der Waals surface area contributed by atoms with Crippen molar-refractivity contribution < 1.29 is 19.2 Å². The zero-order valence-corrected chi connectivity index (χ0v) is 22.4. The van der Waals surface area contributed by atoms with Gasteiger partial charge in [0.2, 0.25) is 24.3 Å². The molecule has 0 aromatic heterocycles. The third-order valence-electron chi connectivity index (χ3n) is 7.70. The quantitative estimate of drug-likeness (QED) is 0.318. The van der Waals surface area contributed by atoms with Crippen LogP contribution in [-0.4, -0.2) is 36.4 Å². The number of hydrogen-bond acceptors (Lipinski definition) is 8. The first-order valence-corrected chi connectivity index (χ1v) is 13.1. The van der Waals surface area contributed by atoms with Crippen LogP contribution in [0.25, 0.3) is 0 Å². The minimum Gasteiger partial charge on any atom is -0.211 e. The summed E-state index contributed by atoms with van der Waals surface area (Å²) in [5, 5.41) is 0. The van der Waals surface area contributed by atoms with E-state index in [2.05, 4.69) is 20.0 Å². The molecular weight excluding hydrogens is 468 g/mol. The Hall–Kier alpha value is -3.26. The third kappa shape index (κ3) is 9.61. The van der Waals surface area contributed by atoms with Crippen LogP contribution in [0.5, 0.6) is 0 Å². The SMILES string of the molecule is CC(C)(N=C=O)c1cccc(C(C)(C)N=C=O)c1.O=C=NC1CCC(CC2CCC(N=C=O)CC2)CC1. The van der Waals surface area contributed by atoms with E-state index in [1.807, 2.05) is 52.0 Å². The fourth-order valence-electron chi connectivity index (χ4n) is 5.28. The normalized spacial score (nSPS) is 23.5. The highest BCUT2D eigenvalue weighted by Gasteiger charge is 2.27. The summed E-state index contributed by atoms with van der Waals surface area (Å²) in [5.41, 5.74) is 0.465. The summed E-state index contributed by atoms with van der Waals surface area (Å²) >= 11 is 0. The average Bonchev–Trinajstić information content (AvgIpc) is 2.87. The second kappa shape index (κ2) is 14.5. The van der Waals surface area contributed by atoms with Gasteiger partial charge in [0.15, 0.2) is 0 Å². The Bertz CT molecular complexity index is 992. The minimum absolute atomic E-state index is 0.228. The van der Waals surface area contributed by atoms with E-state index < -0.39 is 11.1 Å². The second-order valence-corrected chi connectivity index (χ2v) is 11.1. The summed E-state index contributed by atoms with van der Waals surface area (Å²) in [6.07, 6.45) is 16.8. The van der Waals surface area contributed by atoms with Crippen LogP contribution in [0.15, 0.2) is 44.2 Å². The van der Waals surface area contributed by atoms with Crippen LogP contribution < -0.4 is 0 Å². The van der Waals surface area contributed by atoms with Crippen molar-refractivity contribution in [3.8, 4) is 0 Å². The van der Waals surface area contributed by atoms with Gasteiger partial charge in [0.1, 0.15) is 0 Å². The van der Waals surface area contributed by atoms with Crippen molar-refractivity contribution in [1.29, 1.82) is 0 Å². The molecular formula is C29H38N4O4. The molecule has 0 N–H and O–H groups in total. The van der Waals surface area contributed by atoms with E-state index >= 15 is 0 Å². The Kier molecular flexibility index (Phi) is 11.7. The van der Waals surface area contributed by atoms with Crippen molar-refractivity contribution in [2.24, 2.45) is 31.8 Å². The van der Waals surface area contributed by atoms with Crippen molar-refractivity contribution in [3.63, 3.8) is 0 Å². The maximum Gasteiger partial charge on any atom is 0.235 e. The lowest BCUT2D eigenvalue weighted by Crippen LogP contribution is -2.23. The maximum absolute atomic E-state index is 10.4. The van der Waals surface area contributed by atoms with Crippen LogP contribution in [0, 0.1) is 11.8 Å². The van der Waals surface area contributed by atoms with E-state index in [-0.39, 0.29) is 12.1 Å². The van der Waals surface area contributed by atoms with Crippen LogP contribution in [0.4, 0.5) is 0 Å². The van der Waals surface area contributed by atoms with E-state index in [0.29, 0.717) is 0 Å². The molecule has 0 atom stereocenters. The monoisotopic (exact) mass is 506 g/mol. The van der Waals surface area contributed by atoms with Crippen LogP contribution in [0.3, 0.4) is 0 Å². The number of aliphatic imine (C=N–C) groups is 4. The zero-order chi connectivity index (χ0) is 27.3. The van der Waals surface area contributed by atoms with E-state index in [9.17, 15) is 19.2 Å². The van der Waals surface area contributed by atoms with Gasteiger partial charge in [-0.1, -0.05) is 24.3 Å². The molecule has 1 aromatic carbocycles. The molecule has 0 saturated heterocycles. The van der Waals surface area contributed by atoms with Crippen molar-refractivity contribution in [2.45, 2.75) is 109 Å². The van der Waals surface area contributed by atoms with Crippen LogP contribution in [0.1, 0.15) is 96.6 Å². The summed E-state index contributed by atoms with van der Waals surface area (Å²) in [6.45, 7) is 7.31. The summed E-state index contributed by atoms with van der Waals surface area (Å²) in [6, 6.07) is 7.96. The molecule has 37 heavy (non-hydrogen) atoms. The molecule has 0 radical (unpaired) electrons. The van der Waals surface area contributed by atoms with E-state index in [0.717, 1.165) is 48.6 Å². The fourth-order valence-corrected chi connectivity index (χ4v) is 5.28. The van der Waals surface area contributed by atoms with Crippen molar-refractivity contribution >= 4 is 24.3 Å². The third-order valence-corrected chi connectivity index (χ3v) is 7.70. The van der Waals surface area contributed by atoms with Gasteiger partial charge in [0, 0.05) is 0 Å². The first-order chi connectivity index (χ1) is 17.6. The topological polar surface area (TPSA) is 118 Å². The molecule has 3 rings (SSSR count). The highest BCUT2D eigenvalue weighted by atomic mass is 16.1. The largest absolute Gasteiger partial charge is 0.235 e. The molecule has 198 valence electrons. The summed E-state index contributed by atoms with van der Waals surface area (Å²) in [7, 11) is 0. The van der Waals surface area contributed by atoms with Gasteiger partial charge in [-0.25, -0.2) is 29.2 Å². The lowest BCUT2D eigenvalue weighted by Gasteiger charge is -2.31. The Morgan fingerprint density at radius 2 is 1.03 bits per heavy atom. The molecule has 2 saturated carbocycles. The van der Waals surface area contributed by atoms with Gasteiger partial charge in [-0.15, -0.1) is 0 Å². The summed E-state index contributed by atoms with van der Waals surface area (Å²) in [5.74, 6) is 1.60. The molecule has 8 heteroatoms. The van der Waals surface area contributed by atoms with E-state index in [4.69, 9.17) is 0 Å². The van der Waals surface area contributed by atoms with Crippen LogP contribution in [0.2, 0.25) is 0 Å². The zero-order valence-electron chi connectivity index (χ0n) is 22.4. The second-order valence-electron chi connectivity index (χ2n) is 11.1. The summed E-state index contributed by atoms with van der Waals surface area (Å²) < 4.78 is 0. The number of rotatable bonds is 8. The molecule has 2 fully saturated rings.